The maximum Gasteiger partial charge on any atom is 0.425 e. The van der Waals surface area contributed by atoms with E-state index in [9.17, 15) is 22.8 Å². The lowest BCUT2D eigenvalue weighted by Gasteiger charge is -2.31. The van der Waals surface area contributed by atoms with E-state index in [2.05, 4.69) is 5.32 Å². The van der Waals surface area contributed by atoms with Crippen molar-refractivity contribution in [1.29, 1.82) is 0 Å². The number of carbonyl (C=O) groups is 3. The second-order valence-electron chi connectivity index (χ2n) is 18.1. The highest BCUT2D eigenvalue weighted by atomic mass is 35.5. The number of fused-ring (bicyclic) bond motifs is 1. The number of hydrogen-bond donors (Lipinski definition) is 1. The van der Waals surface area contributed by atoms with Gasteiger partial charge in [-0.2, -0.15) is 10.00 Å². The molecule has 1 fully saturated rings. The minimum absolute atomic E-state index is 0.0263. The summed E-state index contributed by atoms with van der Waals surface area (Å²) in [5.74, 6) is -1.69. The minimum atomic E-state index is -4.03. The van der Waals surface area contributed by atoms with Gasteiger partial charge >= 0.3 is 18.3 Å². The lowest BCUT2D eigenvalue weighted by Crippen LogP contribution is -2.44. The maximum absolute atomic E-state index is 16.2. The molecule has 1 N–H and O–H groups in total. The molecule has 1 saturated carbocycles. The molecular formula is C43H55ClFN5O8S. The van der Waals surface area contributed by atoms with Gasteiger partial charge in [0.05, 0.1) is 26.6 Å². The highest BCUT2D eigenvalue weighted by molar-refractivity contribution is 7.90. The Balaban J connectivity index is 1.68. The molecule has 4 aromatic rings. The van der Waals surface area contributed by atoms with Crippen molar-refractivity contribution >= 4 is 56.4 Å². The first-order valence-corrected chi connectivity index (χ1v) is 21.7. The van der Waals surface area contributed by atoms with Gasteiger partial charge in [-0.1, -0.05) is 35.9 Å². The average molecular weight is 856 g/mol. The van der Waals surface area contributed by atoms with E-state index in [1.807, 2.05) is 13.8 Å². The van der Waals surface area contributed by atoms with Crippen LogP contribution in [0.1, 0.15) is 125 Å². The topological polar surface area (TPSA) is 159 Å². The summed E-state index contributed by atoms with van der Waals surface area (Å²) < 4.78 is 61.6. The maximum atomic E-state index is 16.2. The summed E-state index contributed by atoms with van der Waals surface area (Å²) in [6, 6.07) is 9.67. The second kappa shape index (κ2) is 17.1. The lowest BCUT2D eigenvalue weighted by molar-refractivity contribution is 0.0425. The van der Waals surface area contributed by atoms with Crippen molar-refractivity contribution in [2.45, 2.75) is 147 Å². The Bertz CT molecular complexity index is 2310. The fourth-order valence-electron chi connectivity index (χ4n) is 6.90. The number of aromatic nitrogens is 3. The smallest absolute Gasteiger partial charge is 0.425 e. The molecular weight excluding hydrogens is 801 g/mol. The Morgan fingerprint density at radius 1 is 0.898 bits per heavy atom. The molecule has 2 aromatic heterocycles. The van der Waals surface area contributed by atoms with E-state index in [0.29, 0.717) is 31.2 Å². The first-order chi connectivity index (χ1) is 27.2. The number of pyridine rings is 1. The SMILES string of the molecule is CC(C)n1nc(-c2ccc(CS(=O)(=O)c3ccccc3Cl)c(F)c2)c2c(N(C(=O)OC(C)(C)C)C(=O)OC(C)(C)C)ncc(C3CCC(NC(=O)OC(C)(C)C)CC3)c21. The Hall–Kier alpha value is -4.76. The monoisotopic (exact) mass is 855 g/mol. The molecule has 1 aliphatic rings. The number of halogens is 2. The van der Waals surface area contributed by atoms with Crippen LogP contribution in [0.3, 0.4) is 0 Å². The summed E-state index contributed by atoms with van der Waals surface area (Å²) in [4.78, 5) is 46.1. The highest BCUT2D eigenvalue weighted by Gasteiger charge is 2.38. The van der Waals surface area contributed by atoms with Gasteiger partial charge in [0.1, 0.15) is 28.3 Å². The normalized spacial score (nSPS) is 16.5. The zero-order valence-corrected chi connectivity index (χ0v) is 37.2. The number of nitrogens with one attached hydrogen (secondary N) is 1. The molecule has 2 aromatic carbocycles. The molecule has 0 aliphatic heterocycles. The van der Waals surface area contributed by atoms with Gasteiger partial charge in [-0.15, -0.1) is 0 Å². The fourth-order valence-corrected chi connectivity index (χ4v) is 8.84. The largest absolute Gasteiger partial charge is 0.444 e. The van der Waals surface area contributed by atoms with Gasteiger partial charge in [-0.05, 0) is 132 Å². The average Bonchev–Trinajstić information content (AvgIpc) is 3.49. The Labute approximate surface area is 350 Å². The van der Waals surface area contributed by atoms with E-state index in [1.165, 1.54) is 24.3 Å². The van der Waals surface area contributed by atoms with Gasteiger partial charge in [-0.25, -0.2) is 32.2 Å². The van der Waals surface area contributed by atoms with Gasteiger partial charge in [0.25, 0.3) is 0 Å². The van der Waals surface area contributed by atoms with Crippen molar-refractivity contribution in [3.05, 3.63) is 70.6 Å². The van der Waals surface area contributed by atoms with Crippen molar-refractivity contribution < 1.29 is 41.4 Å². The molecule has 0 unspecified atom stereocenters. The summed E-state index contributed by atoms with van der Waals surface area (Å²) in [6.07, 6.45) is 1.64. The lowest BCUT2D eigenvalue weighted by atomic mass is 9.81. The van der Waals surface area contributed by atoms with E-state index in [0.717, 1.165) is 10.5 Å². The summed E-state index contributed by atoms with van der Waals surface area (Å²) in [5.41, 5.74) is -1.00. The number of imide groups is 1. The highest BCUT2D eigenvalue weighted by Crippen LogP contribution is 2.44. The summed E-state index contributed by atoms with van der Waals surface area (Å²) in [6.45, 7) is 19.2. The summed E-state index contributed by atoms with van der Waals surface area (Å²) in [5, 5.41) is 8.25. The van der Waals surface area contributed by atoms with Crippen LogP contribution in [-0.4, -0.2) is 64.3 Å². The van der Waals surface area contributed by atoms with Crippen molar-refractivity contribution in [2.75, 3.05) is 4.90 Å². The van der Waals surface area contributed by atoms with E-state index in [4.69, 9.17) is 35.9 Å². The third-order valence-electron chi connectivity index (χ3n) is 9.32. The Kier molecular flexibility index (Phi) is 13.1. The fraction of sp³-hybridized carbons (Fsp3) is 0.512. The number of hydrogen-bond acceptors (Lipinski definition) is 10. The molecule has 2 heterocycles. The standard InChI is InChI=1S/C43H55ClFN5O8S/c1-25(2)50-36-30(26-18-20-29(21-19-26)47-38(51)56-41(3,4)5)23-46-37(49(39(52)57-42(6,7)8)40(53)58-43(9,10)11)34(36)35(48-50)27-16-17-28(32(45)22-27)24-59(54,55)33-15-13-12-14-31(33)44/h12-17,22-23,25-26,29H,18-21,24H2,1-11H3,(H,47,51). The van der Waals surface area contributed by atoms with E-state index in [1.54, 1.807) is 91.4 Å². The number of anilines is 1. The quantitative estimate of drug-likeness (QED) is 0.169. The number of alkyl carbamates (subject to hydrolysis) is 1. The summed E-state index contributed by atoms with van der Waals surface area (Å²) in [7, 11) is -4.03. The Morgan fingerprint density at radius 3 is 2.00 bits per heavy atom. The van der Waals surface area contributed by atoms with Crippen LogP contribution in [-0.2, 0) is 29.8 Å². The van der Waals surface area contributed by atoms with E-state index < -0.39 is 56.5 Å². The zero-order chi connectivity index (χ0) is 43.8. The van der Waals surface area contributed by atoms with Crippen LogP contribution in [0.4, 0.5) is 24.6 Å². The van der Waals surface area contributed by atoms with Crippen molar-refractivity contribution in [3.8, 4) is 11.3 Å². The molecule has 0 spiro atoms. The molecule has 1 aliphatic carbocycles. The van der Waals surface area contributed by atoms with Crippen LogP contribution in [0.15, 0.2) is 53.6 Å². The zero-order valence-electron chi connectivity index (χ0n) is 35.6. The predicted octanol–water partition coefficient (Wildman–Crippen LogP) is 10.7. The van der Waals surface area contributed by atoms with Crippen molar-refractivity contribution in [1.82, 2.24) is 20.1 Å². The minimum Gasteiger partial charge on any atom is -0.444 e. The van der Waals surface area contributed by atoms with Crippen LogP contribution in [0, 0.1) is 5.82 Å². The van der Waals surface area contributed by atoms with Crippen molar-refractivity contribution in [2.24, 2.45) is 0 Å². The van der Waals surface area contributed by atoms with Crippen LogP contribution in [0.25, 0.3) is 22.2 Å². The third-order valence-corrected chi connectivity index (χ3v) is 11.5. The molecule has 0 atom stereocenters. The predicted molar refractivity (Wildman–Crippen MR) is 225 cm³/mol. The Morgan fingerprint density at radius 2 is 1.47 bits per heavy atom. The molecule has 16 heteroatoms. The molecule has 0 radical (unpaired) electrons. The van der Waals surface area contributed by atoms with Gasteiger partial charge in [0.2, 0.25) is 0 Å². The number of ether oxygens (including phenoxy) is 3. The van der Waals surface area contributed by atoms with E-state index in [-0.39, 0.29) is 55.9 Å². The molecule has 0 saturated heterocycles. The number of nitrogens with zero attached hydrogens (tertiary/aromatic N) is 4. The summed E-state index contributed by atoms with van der Waals surface area (Å²) >= 11 is 6.19. The van der Waals surface area contributed by atoms with Gasteiger partial charge in [-0.3, -0.25) is 4.68 Å². The number of amides is 3. The van der Waals surface area contributed by atoms with Crippen LogP contribution in [0.5, 0.6) is 0 Å². The van der Waals surface area contributed by atoms with Crippen LogP contribution >= 0.6 is 11.6 Å². The molecule has 0 bridgehead atoms. The first-order valence-electron chi connectivity index (χ1n) is 19.7. The second-order valence-corrected chi connectivity index (χ2v) is 20.5. The van der Waals surface area contributed by atoms with Gasteiger partial charge in [0.15, 0.2) is 15.7 Å². The molecule has 13 nitrogen and oxygen atoms in total. The van der Waals surface area contributed by atoms with Gasteiger partial charge in [0, 0.05) is 29.4 Å². The molecule has 3 amide bonds. The molecule has 5 rings (SSSR count). The molecule has 59 heavy (non-hydrogen) atoms. The van der Waals surface area contributed by atoms with Crippen molar-refractivity contribution in [3.63, 3.8) is 0 Å². The first kappa shape index (κ1) is 45.3. The van der Waals surface area contributed by atoms with E-state index >= 15 is 4.39 Å². The number of sulfone groups is 1. The number of rotatable bonds is 8. The number of benzene rings is 2. The van der Waals surface area contributed by atoms with Crippen LogP contribution < -0.4 is 10.2 Å². The van der Waals surface area contributed by atoms with Gasteiger partial charge < -0.3 is 19.5 Å². The number of carbonyl (C=O) groups excluding carboxylic acids is 3. The third kappa shape index (κ3) is 11.1. The van der Waals surface area contributed by atoms with Crippen LogP contribution in [0.2, 0.25) is 5.02 Å². The molecule has 320 valence electrons.